The molecule has 2 N–H and O–H groups in total. The summed E-state index contributed by atoms with van der Waals surface area (Å²) in [7, 11) is 0. The van der Waals surface area contributed by atoms with Crippen molar-refractivity contribution in [2.45, 2.75) is 32.3 Å². The van der Waals surface area contributed by atoms with Crippen LogP contribution in [0.5, 0.6) is 5.75 Å². The van der Waals surface area contributed by atoms with E-state index in [-0.39, 0.29) is 11.3 Å². The van der Waals surface area contributed by atoms with E-state index in [1.807, 2.05) is 36.1 Å². The maximum atomic E-state index is 12.4. The summed E-state index contributed by atoms with van der Waals surface area (Å²) in [5.74, 6) is 0.861. The molecule has 4 nitrogen and oxygen atoms in total. The minimum Gasteiger partial charge on any atom is -0.479 e. The molecule has 0 radical (unpaired) electrons. The lowest BCUT2D eigenvalue weighted by molar-refractivity contribution is -0.125. The predicted molar refractivity (Wildman–Crippen MR) is 74.2 cm³/mol. The second-order valence-electron chi connectivity index (χ2n) is 5.69. The van der Waals surface area contributed by atoms with Gasteiger partial charge in [-0.3, -0.25) is 4.79 Å². The van der Waals surface area contributed by atoms with E-state index in [2.05, 4.69) is 0 Å². The molecular weight excluding hydrogens is 240 g/mol. The largest absolute Gasteiger partial charge is 0.479 e. The van der Waals surface area contributed by atoms with Crippen LogP contribution in [0, 0.1) is 5.41 Å². The Hall–Kier alpha value is -1.55. The fraction of sp³-hybridized carbons (Fsp3) is 0.533. The van der Waals surface area contributed by atoms with Gasteiger partial charge in [0.15, 0.2) is 6.10 Å². The van der Waals surface area contributed by atoms with Gasteiger partial charge in [0.2, 0.25) is 0 Å². The maximum absolute atomic E-state index is 12.4. The Kier molecular flexibility index (Phi) is 2.97. The van der Waals surface area contributed by atoms with Crippen molar-refractivity contribution in [3.8, 4) is 5.75 Å². The number of hydrogen-bond acceptors (Lipinski definition) is 3. The van der Waals surface area contributed by atoms with Gasteiger partial charge in [-0.1, -0.05) is 12.1 Å². The van der Waals surface area contributed by atoms with E-state index in [4.69, 9.17) is 10.5 Å². The van der Waals surface area contributed by atoms with Crippen molar-refractivity contribution in [3.05, 3.63) is 24.3 Å². The van der Waals surface area contributed by atoms with Gasteiger partial charge in [0.25, 0.3) is 5.91 Å². The monoisotopic (exact) mass is 260 g/mol. The van der Waals surface area contributed by atoms with Gasteiger partial charge in [-0.25, -0.2) is 0 Å². The van der Waals surface area contributed by atoms with Crippen molar-refractivity contribution in [2.75, 3.05) is 18.0 Å². The summed E-state index contributed by atoms with van der Waals surface area (Å²) in [4.78, 5) is 14.3. The number of hydrogen-bond donors (Lipinski definition) is 1. The molecule has 102 valence electrons. The lowest BCUT2D eigenvalue weighted by Gasteiger charge is -2.35. The maximum Gasteiger partial charge on any atom is 0.267 e. The van der Waals surface area contributed by atoms with Gasteiger partial charge in [0.05, 0.1) is 5.69 Å². The number of rotatable bonds is 4. The fourth-order valence-electron chi connectivity index (χ4n) is 2.83. The Labute approximate surface area is 113 Å². The van der Waals surface area contributed by atoms with Crippen LogP contribution in [-0.4, -0.2) is 25.1 Å². The van der Waals surface area contributed by atoms with Crippen LogP contribution in [0.3, 0.4) is 0 Å². The quantitative estimate of drug-likeness (QED) is 0.900. The molecule has 1 fully saturated rings. The third-order valence-corrected chi connectivity index (χ3v) is 4.20. The molecular formula is C15H20N2O2. The molecule has 0 bridgehead atoms. The average molecular weight is 260 g/mol. The van der Waals surface area contributed by atoms with Crippen molar-refractivity contribution < 1.29 is 9.53 Å². The SMILES string of the molecule is CC1Oc2ccccc2N(CC2(CCN)CC2)C1=O. The number of anilines is 1. The van der Waals surface area contributed by atoms with Crippen LogP contribution in [-0.2, 0) is 4.79 Å². The van der Waals surface area contributed by atoms with E-state index in [9.17, 15) is 4.79 Å². The lowest BCUT2D eigenvalue weighted by atomic mass is 10.0. The van der Waals surface area contributed by atoms with E-state index < -0.39 is 6.10 Å². The van der Waals surface area contributed by atoms with Crippen LogP contribution in [0.2, 0.25) is 0 Å². The van der Waals surface area contributed by atoms with E-state index in [1.54, 1.807) is 0 Å². The zero-order valence-electron chi connectivity index (χ0n) is 11.3. The molecule has 1 aromatic carbocycles. The number of fused-ring (bicyclic) bond motifs is 1. The second-order valence-corrected chi connectivity index (χ2v) is 5.69. The highest BCUT2D eigenvalue weighted by Gasteiger charge is 2.46. The molecule has 2 aliphatic rings. The number of para-hydroxylation sites is 2. The normalized spacial score (nSPS) is 23.8. The summed E-state index contributed by atoms with van der Waals surface area (Å²) in [6, 6.07) is 7.76. The highest BCUT2D eigenvalue weighted by atomic mass is 16.5. The van der Waals surface area contributed by atoms with Crippen molar-refractivity contribution in [1.82, 2.24) is 0 Å². The van der Waals surface area contributed by atoms with Crippen LogP contribution in [0.1, 0.15) is 26.2 Å². The molecule has 1 amide bonds. The third-order valence-electron chi connectivity index (χ3n) is 4.20. The molecule has 0 saturated heterocycles. The Balaban J connectivity index is 1.89. The minimum absolute atomic E-state index is 0.0574. The molecule has 0 aromatic heterocycles. The summed E-state index contributed by atoms with van der Waals surface area (Å²) in [5.41, 5.74) is 6.83. The number of carbonyl (C=O) groups is 1. The summed E-state index contributed by atoms with van der Waals surface area (Å²) in [6.07, 6.45) is 2.94. The highest BCUT2D eigenvalue weighted by Crippen LogP contribution is 2.50. The van der Waals surface area contributed by atoms with E-state index in [0.717, 1.165) is 24.4 Å². The standard InChI is InChI=1S/C15H20N2O2/c1-11-14(18)17(10-15(6-7-15)8-9-16)12-4-2-3-5-13(12)19-11/h2-5,11H,6-10,16H2,1H3. The van der Waals surface area contributed by atoms with Gasteiger partial charge >= 0.3 is 0 Å². The molecule has 19 heavy (non-hydrogen) atoms. The first-order chi connectivity index (χ1) is 9.15. The van der Waals surface area contributed by atoms with Crippen molar-refractivity contribution in [2.24, 2.45) is 11.1 Å². The number of nitrogens with zero attached hydrogens (tertiary/aromatic N) is 1. The topological polar surface area (TPSA) is 55.6 Å². The average Bonchev–Trinajstić information content (AvgIpc) is 3.15. The number of amides is 1. The van der Waals surface area contributed by atoms with Gasteiger partial charge in [-0.2, -0.15) is 0 Å². The van der Waals surface area contributed by atoms with Gasteiger partial charge in [0, 0.05) is 6.54 Å². The van der Waals surface area contributed by atoms with Gasteiger partial charge in [-0.15, -0.1) is 0 Å². The third kappa shape index (κ3) is 2.21. The van der Waals surface area contributed by atoms with Crippen LogP contribution in [0.4, 0.5) is 5.69 Å². The Bertz CT molecular complexity index is 497. The Morgan fingerprint density at radius 1 is 1.42 bits per heavy atom. The summed E-state index contributed by atoms with van der Waals surface area (Å²) < 4.78 is 5.65. The van der Waals surface area contributed by atoms with E-state index in [1.165, 1.54) is 12.8 Å². The zero-order valence-corrected chi connectivity index (χ0v) is 11.3. The van der Waals surface area contributed by atoms with Crippen LogP contribution >= 0.6 is 0 Å². The summed E-state index contributed by atoms with van der Waals surface area (Å²) in [6.45, 7) is 3.28. The highest BCUT2D eigenvalue weighted by molar-refractivity contribution is 5.99. The molecule has 1 aliphatic heterocycles. The summed E-state index contributed by atoms with van der Waals surface area (Å²) in [5, 5.41) is 0. The molecule has 1 aliphatic carbocycles. The lowest BCUT2D eigenvalue weighted by Crippen LogP contribution is -2.47. The van der Waals surface area contributed by atoms with Crippen LogP contribution in [0.25, 0.3) is 0 Å². The number of carbonyl (C=O) groups excluding carboxylic acids is 1. The van der Waals surface area contributed by atoms with Gasteiger partial charge in [-0.05, 0) is 50.3 Å². The first-order valence-corrected chi connectivity index (χ1v) is 6.92. The van der Waals surface area contributed by atoms with Gasteiger partial charge < -0.3 is 15.4 Å². The first kappa shape index (κ1) is 12.5. The number of benzene rings is 1. The Morgan fingerprint density at radius 2 is 2.16 bits per heavy atom. The molecule has 1 unspecified atom stereocenters. The molecule has 1 aromatic rings. The number of nitrogens with two attached hydrogens (primary N) is 1. The van der Waals surface area contributed by atoms with Gasteiger partial charge in [0.1, 0.15) is 5.75 Å². The smallest absolute Gasteiger partial charge is 0.267 e. The second kappa shape index (κ2) is 4.53. The Morgan fingerprint density at radius 3 is 2.84 bits per heavy atom. The molecule has 4 heteroatoms. The van der Waals surface area contributed by atoms with Crippen molar-refractivity contribution in [3.63, 3.8) is 0 Å². The molecule has 1 saturated carbocycles. The predicted octanol–water partition coefficient (Wildman–Crippen LogP) is 1.93. The van der Waals surface area contributed by atoms with E-state index in [0.29, 0.717) is 6.54 Å². The molecule has 3 rings (SSSR count). The number of ether oxygens (including phenoxy) is 1. The minimum atomic E-state index is -0.399. The van der Waals surface area contributed by atoms with Crippen molar-refractivity contribution >= 4 is 11.6 Å². The van der Waals surface area contributed by atoms with Crippen LogP contribution in [0.15, 0.2) is 24.3 Å². The van der Waals surface area contributed by atoms with Crippen LogP contribution < -0.4 is 15.4 Å². The fourth-order valence-corrected chi connectivity index (χ4v) is 2.83. The summed E-state index contributed by atoms with van der Waals surface area (Å²) >= 11 is 0. The van der Waals surface area contributed by atoms with Crippen molar-refractivity contribution in [1.29, 1.82) is 0 Å². The first-order valence-electron chi connectivity index (χ1n) is 6.92. The van der Waals surface area contributed by atoms with E-state index >= 15 is 0 Å². The molecule has 1 heterocycles. The molecule has 0 spiro atoms. The molecule has 1 atom stereocenters. The zero-order chi connectivity index (χ0) is 13.5.